The van der Waals surface area contributed by atoms with Gasteiger partial charge >= 0.3 is 0 Å². The monoisotopic (exact) mass is 632 g/mol. The van der Waals surface area contributed by atoms with Gasteiger partial charge in [0.05, 0.1) is 0 Å². The molecule has 4 aromatic rings. The third-order valence-electron chi connectivity index (χ3n) is 4.81. The molecule has 0 heteroatoms. The summed E-state index contributed by atoms with van der Waals surface area (Å²) in [5, 5.41) is 0. The van der Waals surface area contributed by atoms with Crippen LogP contribution in [-0.4, -0.2) is 0 Å². The highest BCUT2D eigenvalue weighted by molar-refractivity contribution is 5.47. The van der Waals surface area contributed by atoms with Crippen molar-refractivity contribution in [3.8, 4) is 0 Å². The van der Waals surface area contributed by atoms with Gasteiger partial charge in [-0.3, -0.25) is 0 Å². The van der Waals surface area contributed by atoms with Crippen molar-refractivity contribution in [2.24, 2.45) is 0 Å². The first-order valence-corrected chi connectivity index (χ1v) is 15.0. The van der Waals surface area contributed by atoms with Crippen LogP contribution in [-0.2, 0) is 0 Å². The topological polar surface area (TPSA) is 0 Å². The number of benzene rings is 4. The number of hydrogen-bond acceptors (Lipinski definition) is 0. The zero-order valence-electron chi connectivity index (χ0n) is 29.0. The minimum atomic E-state index is 1.17. The van der Waals surface area contributed by atoms with E-state index in [0.717, 1.165) is 0 Å². The highest BCUT2D eigenvalue weighted by Crippen LogP contribution is 1.99. The molecule has 0 N–H and O–H groups in total. The van der Waals surface area contributed by atoms with Gasteiger partial charge in [0, 0.05) is 0 Å². The minimum Gasteiger partial charge on any atom is -0.0991 e. The Morgan fingerprint density at radius 3 is 0.396 bits per heavy atom. The average molecular weight is 633 g/mol. The summed E-state index contributed by atoms with van der Waals surface area (Å²) in [6, 6.07) is 40.1. The van der Waals surface area contributed by atoms with E-state index in [9.17, 15) is 0 Å². The molecule has 0 unspecified atom stereocenters. The Kier molecular flexibility index (Phi) is 45.8. The first-order valence-electron chi connectivity index (χ1n) is 15.0. The van der Waals surface area contributed by atoms with Crippen LogP contribution >= 0.6 is 0 Å². The summed E-state index contributed by atoms with van der Waals surface area (Å²) in [7, 11) is 0. The van der Waals surface area contributed by atoms with E-state index in [1.807, 2.05) is 146 Å². The second-order valence-corrected chi connectivity index (χ2v) is 8.34. The Balaban J connectivity index is -0.000000236. The first-order chi connectivity index (χ1) is 23.4. The van der Waals surface area contributed by atoms with E-state index in [-0.39, 0.29) is 0 Å². The van der Waals surface area contributed by atoms with Crippen molar-refractivity contribution < 1.29 is 0 Å². The molecule has 0 saturated carbocycles. The average Bonchev–Trinajstić information content (AvgIpc) is 3.20. The lowest BCUT2D eigenvalue weighted by Crippen LogP contribution is -1.63. The number of allylic oxidation sites excluding steroid dienone is 8. The molecule has 248 valence electrons. The van der Waals surface area contributed by atoms with E-state index >= 15 is 0 Å². The maximum absolute atomic E-state index is 3.63. The highest BCUT2D eigenvalue weighted by Gasteiger charge is 1.78. The Labute approximate surface area is 294 Å². The van der Waals surface area contributed by atoms with Gasteiger partial charge in [-0.25, -0.2) is 0 Å². The van der Waals surface area contributed by atoms with Crippen LogP contribution in [0.4, 0.5) is 0 Å². The van der Waals surface area contributed by atoms with Gasteiger partial charge < -0.3 is 0 Å². The molecule has 0 fully saturated rings. The SMILES string of the molecule is C=CC=C.C=CC=C.C=CC=C.C=CC=C.C=Cc1ccccc1.C=Cc1ccccc1.C=Cc1ccccc1.C=Cc1ccccc1. The zero-order valence-corrected chi connectivity index (χ0v) is 29.0. The molecular formula is C48H56. The standard InChI is InChI=1S/4C8H8.4C4H6/c4*1-2-8-6-4-3-5-7-8;4*1-3-4-2/h4*2-7H,1H2;4*3-4H,1-2H2. The predicted molar refractivity (Wildman–Crippen MR) is 228 cm³/mol. The molecule has 0 atom stereocenters. The van der Waals surface area contributed by atoms with Crippen molar-refractivity contribution in [1.82, 2.24) is 0 Å². The zero-order chi connectivity index (χ0) is 36.9. The van der Waals surface area contributed by atoms with Gasteiger partial charge in [0.2, 0.25) is 0 Å². The normalized spacial score (nSPS) is 7.33. The molecule has 0 aliphatic carbocycles. The lowest BCUT2D eigenvalue weighted by molar-refractivity contribution is 1.67. The lowest BCUT2D eigenvalue weighted by Gasteiger charge is -1.85. The third-order valence-corrected chi connectivity index (χ3v) is 4.81. The molecule has 0 nitrogen and oxygen atoms in total. The first kappa shape index (κ1) is 48.7. The second-order valence-electron chi connectivity index (χ2n) is 8.34. The van der Waals surface area contributed by atoms with E-state index in [1.54, 1.807) is 48.6 Å². The highest BCUT2D eigenvalue weighted by atomic mass is 13.8. The van der Waals surface area contributed by atoms with Gasteiger partial charge in [0.25, 0.3) is 0 Å². The maximum Gasteiger partial charge on any atom is -0.0263 e. The van der Waals surface area contributed by atoms with Crippen molar-refractivity contribution in [2.45, 2.75) is 0 Å². The van der Waals surface area contributed by atoms with Gasteiger partial charge in [-0.15, -0.1) is 0 Å². The van der Waals surface area contributed by atoms with E-state index < -0.39 is 0 Å². The fourth-order valence-corrected chi connectivity index (χ4v) is 2.36. The van der Waals surface area contributed by atoms with E-state index in [2.05, 4.69) is 78.9 Å². The molecule has 0 bridgehead atoms. The Morgan fingerprint density at radius 1 is 0.208 bits per heavy atom. The van der Waals surface area contributed by atoms with Crippen molar-refractivity contribution >= 4 is 24.3 Å². The van der Waals surface area contributed by atoms with E-state index in [4.69, 9.17) is 0 Å². The number of rotatable bonds is 8. The Hall–Kier alpha value is -6.24. The van der Waals surface area contributed by atoms with Crippen LogP contribution in [0, 0.1) is 0 Å². The van der Waals surface area contributed by atoms with Gasteiger partial charge in [0.15, 0.2) is 0 Å². The van der Waals surface area contributed by atoms with Crippen LogP contribution in [0.3, 0.4) is 0 Å². The van der Waals surface area contributed by atoms with Crippen LogP contribution < -0.4 is 0 Å². The Morgan fingerprint density at radius 2 is 0.333 bits per heavy atom. The molecule has 0 amide bonds. The predicted octanol–water partition coefficient (Wildman–Crippen LogP) is 14.8. The van der Waals surface area contributed by atoms with Gasteiger partial charge in [0.1, 0.15) is 0 Å². The summed E-state index contributed by atoms with van der Waals surface area (Å²) in [6.07, 6.45) is 20.4. The van der Waals surface area contributed by atoms with Crippen molar-refractivity contribution in [3.05, 3.63) is 271 Å². The fourth-order valence-electron chi connectivity index (χ4n) is 2.36. The second kappa shape index (κ2) is 45.2. The molecule has 0 heterocycles. The summed E-state index contributed by atoms with van der Waals surface area (Å²) in [5.41, 5.74) is 4.69. The molecule has 0 aromatic heterocycles. The van der Waals surface area contributed by atoms with Crippen molar-refractivity contribution in [2.75, 3.05) is 0 Å². The fraction of sp³-hybridized carbons (Fsp3) is 0. The molecule has 48 heavy (non-hydrogen) atoms. The van der Waals surface area contributed by atoms with E-state index in [1.165, 1.54) is 22.3 Å². The number of hydrogen-bond donors (Lipinski definition) is 0. The Bertz CT molecular complexity index is 1120. The molecule has 0 radical (unpaired) electrons. The quantitative estimate of drug-likeness (QED) is 0.170. The summed E-state index contributed by atoms with van der Waals surface area (Å²) in [5.74, 6) is 0. The van der Waals surface area contributed by atoms with Crippen molar-refractivity contribution in [3.63, 3.8) is 0 Å². The van der Waals surface area contributed by atoms with Crippen LogP contribution in [0.1, 0.15) is 22.3 Å². The molecule has 0 aliphatic heterocycles. The summed E-state index contributed by atoms with van der Waals surface area (Å²) in [6.45, 7) is 41.4. The lowest BCUT2D eigenvalue weighted by atomic mass is 10.2. The summed E-state index contributed by atoms with van der Waals surface area (Å²) in [4.78, 5) is 0. The molecule has 0 aliphatic rings. The molecule has 0 spiro atoms. The molecule has 0 saturated heterocycles. The van der Waals surface area contributed by atoms with Crippen LogP contribution in [0.2, 0.25) is 0 Å². The van der Waals surface area contributed by atoms with Crippen LogP contribution in [0.15, 0.2) is 249 Å². The summed E-state index contributed by atoms with van der Waals surface area (Å²) < 4.78 is 0. The summed E-state index contributed by atoms with van der Waals surface area (Å²) >= 11 is 0. The largest absolute Gasteiger partial charge is 0.0991 e. The van der Waals surface area contributed by atoms with Crippen LogP contribution in [0.25, 0.3) is 24.3 Å². The van der Waals surface area contributed by atoms with Gasteiger partial charge in [-0.1, -0.05) is 273 Å². The van der Waals surface area contributed by atoms with Crippen LogP contribution in [0.5, 0.6) is 0 Å². The molecule has 4 aromatic carbocycles. The molecular weight excluding hydrogens is 577 g/mol. The van der Waals surface area contributed by atoms with Gasteiger partial charge in [-0.2, -0.15) is 0 Å². The smallest absolute Gasteiger partial charge is 0.0263 e. The maximum atomic E-state index is 3.63. The minimum absolute atomic E-state index is 1.17. The van der Waals surface area contributed by atoms with Crippen molar-refractivity contribution in [1.29, 1.82) is 0 Å². The molecule has 4 rings (SSSR count). The third kappa shape index (κ3) is 41.9. The van der Waals surface area contributed by atoms with Gasteiger partial charge in [-0.05, 0) is 22.3 Å². The van der Waals surface area contributed by atoms with E-state index in [0.29, 0.717) is 0 Å².